The minimum absolute atomic E-state index is 0.182. The number of hydrogen-bond acceptors (Lipinski definition) is 4. The number of H-pyrrole nitrogens is 1. The molecule has 1 aromatic carbocycles. The lowest BCUT2D eigenvalue weighted by Gasteiger charge is -2.18. The van der Waals surface area contributed by atoms with Gasteiger partial charge in [0.15, 0.2) is 0 Å². The third kappa shape index (κ3) is 4.09. The molecule has 21 heavy (non-hydrogen) atoms. The quantitative estimate of drug-likeness (QED) is 0.695. The fourth-order valence-corrected chi connectivity index (χ4v) is 2.17. The zero-order chi connectivity index (χ0) is 15.2. The minimum Gasteiger partial charge on any atom is -0.393 e. The number of aromatic amines is 1. The van der Waals surface area contributed by atoms with Gasteiger partial charge < -0.3 is 11.1 Å². The van der Waals surface area contributed by atoms with Gasteiger partial charge in [0.1, 0.15) is 12.2 Å². The molecule has 2 unspecified atom stereocenters. The Balaban J connectivity index is 2.04. The maximum Gasteiger partial charge on any atom is 0.230 e. The van der Waals surface area contributed by atoms with Crippen LogP contribution < -0.4 is 11.1 Å². The average molecular weight is 303 g/mol. The zero-order valence-corrected chi connectivity index (χ0v) is 12.4. The van der Waals surface area contributed by atoms with Gasteiger partial charge in [-0.05, 0) is 18.9 Å². The van der Waals surface area contributed by atoms with Crippen molar-refractivity contribution in [1.29, 1.82) is 0 Å². The topological polar surface area (TPSA) is 96.7 Å². The third-order valence-electron chi connectivity index (χ3n) is 3.15. The lowest BCUT2D eigenvalue weighted by atomic mass is 9.98. The summed E-state index contributed by atoms with van der Waals surface area (Å²) in [4.78, 5) is 16.5. The second kappa shape index (κ2) is 6.94. The maximum absolute atomic E-state index is 12.4. The van der Waals surface area contributed by atoms with Crippen molar-refractivity contribution in [2.45, 2.75) is 19.4 Å². The van der Waals surface area contributed by atoms with Crippen LogP contribution in [0.3, 0.4) is 0 Å². The van der Waals surface area contributed by atoms with Crippen LogP contribution in [0, 0.1) is 5.92 Å². The Hall–Kier alpha value is -2.28. The summed E-state index contributed by atoms with van der Waals surface area (Å²) in [5, 5.41) is 9.32. The number of aromatic nitrogens is 3. The first-order chi connectivity index (χ1) is 10.1. The predicted molar refractivity (Wildman–Crippen MR) is 83.4 cm³/mol. The summed E-state index contributed by atoms with van der Waals surface area (Å²) in [6, 6.07) is 9.36. The molecule has 1 amide bonds. The van der Waals surface area contributed by atoms with E-state index in [4.69, 9.17) is 18.0 Å². The van der Waals surface area contributed by atoms with Gasteiger partial charge in [0.2, 0.25) is 5.91 Å². The summed E-state index contributed by atoms with van der Waals surface area (Å²) in [5.74, 6) is -0.173. The van der Waals surface area contributed by atoms with Gasteiger partial charge in [-0.3, -0.25) is 9.89 Å². The third-order valence-corrected chi connectivity index (χ3v) is 3.43. The van der Waals surface area contributed by atoms with Crippen molar-refractivity contribution in [3.63, 3.8) is 0 Å². The van der Waals surface area contributed by atoms with Gasteiger partial charge in [0.25, 0.3) is 0 Å². The predicted octanol–water partition coefficient (Wildman–Crippen LogP) is 1.13. The molecular formula is C14H17N5OS. The summed E-state index contributed by atoms with van der Waals surface area (Å²) >= 11 is 5.03. The molecule has 2 atom stereocenters. The highest BCUT2D eigenvalue weighted by molar-refractivity contribution is 7.80. The van der Waals surface area contributed by atoms with Crippen LogP contribution in [0.4, 0.5) is 0 Å². The monoisotopic (exact) mass is 303 g/mol. The highest BCUT2D eigenvalue weighted by atomic mass is 32.1. The molecule has 1 aromatic heterocycles. The molecule has 0 bridgehead atoms. The number of nitrogens with zero attached hydrogens (tertiary/aromatic N) is 2. The molecule has 7 heteroatoms. The smallest absolute Gasteiger partial charge is 0.230 e. The highest BCUT2D eigenvalue weighted by Gasteiger charge is 2.24. The van der Waals surface area contributed by atoms with E-state index in [1.807, 2.05) is 37.3 Å². The zero-order valence-electron chi connectivity index (χ0n) is 11.6. The maximum atomic E-state index is 12.4. The van der Waals surface area contributed by atoms with Gasteiger partial charge in [-0.25, -0.2) is 4.98 Å². The molecular weight excluding hydrogens is 286 g/mol. The summed E-state index contributed by atoms with van der Waals surface area (Å²) in [7, 11) is 0. The number of amides is 1. The van der Waals surface area contributed by atoms with Crippen molar-refractivity contribution in [2.75, 3.05) is 0 Å². The van der Waals surface area contributed by atoms with E-state index in [2.05, 4.69) is 20.5 Å². The molecule has 6 nitrogen and oxygen atoms in total. The van der Waals surface area contributed by atoms with Gasteiger partial charge in [0.05, 0.1) is 16.9 Å². The molecule has 110 valence electrons. The lowest BCUT2D eigenvalue weighted by molar-refractivity contribution is -0.123. The molecule has 0 fully saturated rings. The Bertz CT molecular complexity index is 599. The van der Waals surface area contributed by atoms with E-state index in [0.717, 1.165) is 5.56 Å². The Morgan fingerprint density at radius 1 is 1.43 bits per heavy atom. The summed E-state index contributed by atoms with van der Waals surface area (Å²) in [6.07, 6.45) is 1.87. The number of hydrogen-bond donors (Lipinski definition) is 3. The molecule has 0 radical (unpaired) electrons. The van der Waals surface area contributed by atoms with Crippen LogP contribution in [0.1, 0.15) is 24.4 Å². The minimum atomic E-state index is -0.548. The van der Waals surface area contributed by atoms with Gasteiger partial charge in [-0.1, -0.05) is 42.5 Å². The van der Waals surface area contributed by atoms with Gasteiger partial charge in [-0.2, -0.15) is 5.10 Å². The molecule has 0 aliphatic carbocycles. The van der Waals surface area contributed by atoms with E-state index >= 15 is 0 Å². The Kier molecular flexibility index (Phi) is 4.99. The molecule has 0 saturated heterocycles. The van der Waals surface area contributed by atoms with E-state index in [1.54, 1.807) is 0 Å². The van der Waals surface area contributed by atoms with Crippen molar-refractivity contribution < 1.29 is 4.79 Å². The van der Waals surface area contributed by atoms with Crippen LogP contribution in [0.5, 0.6) is 0 Å². The number of carbonyl (C=O) groups is 1. The number of nitrogens with two attached hydrogens (primary N) is 1. The number of benzene rings is 1. The van der Waals surface area contributed by atoms with Crippen LogP contribution in [-0.2, 0) is 11.2 Å². The second-order valence-corrected chi connectivity index (χ2v) is 5.22. The fourth-order valence-electron chi connectivity index (χ4n) is 1.98. The van der Waals surface area contributed by atoms with Crippen molar-refractivity contribution in [2.24, 2.45) is 11.7 Å². The van der Waals surface area contributed by atoms with Gasteiger partial charge >= 0.3 is 0 Å². The molecule has 0 aliphatic heterocycles. The number of nitrogens with one attached hydrogen (secondary N) is 2. The van der Waals surface area contributed by atoms with E-state index < -0.39 is 5.92 Å². The van der Waals surface area contributed by atoms with Gasteiger partial charge in [0, 0.05) is 0 Å². The first-order valence-corrected chi connectivity index (χ1v) is 6.97. The summed E-state index contributed by atoms with van der Waals surface area (Å²) < 4.78 is 0. The van der Waals surface area contributed by atoms with Crippen LogP contribution in [0.2, 0.25) is 0 Å². The average Bonchev–Trinajstić information content (AvgIpc) is 2.99. The molecule has 0 spiro atoms. The number of rotatable bonds is 6. The van der Waals surface area contributed by atoms with Crippen LogP contribution in [-0.4, -0.2) is 26.1 Å². The first kappa shape index (κ1) is 15.1. The normalized spacial score (nSPS) is 13.4. The summed E-state index contributed by atoms with van der Waals surface area (Å²) in [6.45, 7) is 1.82. The van der Waals surface area contributed by atoms with E-state index in [9.17, 15) is 4.79 Å². The van der Waals surface area contributed by atoms with E-state index in [-0.39, 0.29) is 16.9 Å². The molecule has 1 heterocycles. The number of thiocarbonyl (C=S) groups is 1. The SMILES string of the molecule is CC(NC(=O)C(Cc1ccccc1)C(N)=S)c1ncn[nH]1. The van der Waals surface area contributed by atoms with Crippen molar-refractivity contribution in [3.05, 3.63) is 48.0 Å². The molecule has 2 aromatic rings. The fraction of sp³-hybridized carbons (Fsp3) is 0.286. The molecule has 0 aliphatic rings. The Labute approximate surface area is 128 Å². The van der Waals surface area contributed by atoms with Gasteiger partial charge in [-0.15, -0.1) is 0 Å². The highest BCUT2D eigenvalue weighted by Crippen LogP contribution is 2.12. The van der Waals surface area contributed by atoms with Crippen LogP contribution in [0.25, 0.3) is 0 Å². The second-order valence-electron chi connectivity index (χ2n) is 4.75. The van der Waals surface area contributed by atoms with Crippen LogP contribution in [0.15, 0.2) is 36.7 Å². The largest absolute Gasteiger partial charge is 0.393 e. The van der Waals surface area contributed by atoms with E-state index in [1.165, 1.54) is 6.33 Å². The number of carbonyl (C=O) groups excluding carboxylic acids is 1. The summed E-state index contributed by atoms with van der Waals surface area (Å²) in [5.41, 5.74) is 6.73. The standard InChI is InChI=1S/C14H17N5OS/c1-9(13-16-8-17-19-13)18-14(20)11(12(15)21)7-10-5-3-2-4-6-10/h2-6,8-9,11H,7H2,1H3,(H2,15,21)(H,18,20)(H,16,17,19). The lowest BCUT2D eigenvalue weighted by Crippen LogP contribution is -2.40. The van der Waals surface area contributed by atoms with Crippen molar-refractivity contribution in [1.82, 2.24) is 20.5 Å². The van der Waals surface area contributed by atoms with E-state index in [0.29, 0.717) is 12.2 Å². The van der Waals surface area contributed by atoms with Crippen molar-refractivity contribution in [3.8, 4) is 0 Å². The molecule has 4 N–H and O–H groups in total. The van der Waals surface area contributed by atoms with Crippen molar-refractivity contribution >= 4 is 23.1 Å². The molecule has 2 rings (SSSR count). The Morgan fingerprint density at radius 2 is 2.14 bits per heavy atom. The van der Waals surface area contributed by atoms with Crippen LogP contribution >= 0.6 is 12.2 Å². The molecule has 0 saturated carbocycles. The first-order valence-electron chi connectivity index (χ1n) is 6.57. The Morgan fingerprint density at radius 3 is 2.71 bits per heavy atom.